The van der Waals surface area contributed by atoms with Gasteiger partial charge in [0.2, 0.25) is 5.95 Å². The number of nitrogens with one attached hydrogen (secondary N) is 1. The number of anilines is 1. The Morgan fingerprint density at radius 3 is 2.62 bits per heavy atom. The molecule has 0 bridgehead atoms. The number of aliphatic imine (C=N–C) groups is 1. The average molecular weight is 476 g/mol. The molecule has 0 aliphatic carbocycles. The van der Waals surface area contributed by atoms with Gasteiger partial charge >= 0.3 is 6.18 Å². The smallest absolute Gasteiger partial charge is 0.378 e. The SMILES string of the molecule is C=N/C(F)=C(\C=C(/C)c1cc(NC(=O)c2cccc(C(F)(F)F)c2)cnc1C)N1CCOCC1. The van der Waals surface area contributed by atoms with Crippen LogP contribution in [0.1, 0.15) is 34.1 Å². The number of aryl methyl sites for hydroxylation is 1. The standard InChI is InChI=1S/C24H24F4N4O2/c1-15(11-21(22(25)29-3)32-7-9-34-10-8-32)20-13-19(14-30-16(20)2)31-23(33)17-5-4-6-18(12-17)24(26,27)28/h4-6,11-14H,3,7-10H2,1-2H3,(H,31,33)/b15-11+,22-21+. The molecule has 0 spiro atoms. The highest BCUT2D eigenvalue weighted by Gasteiger charge is 2.31. The lowest BCUT2D eigenvalue weighted by atomic mass is 10.0. The van der Waals surface area contributed by atoms with Crippen LogP contribution in [0, 0.1) is 6.92 Å². The summed E-state index contributed by atoms with van der Waals surface area (Å²) in [7, 11) is 0. The molecular formula is C24H24F4N4O2. The number of halogens is 4. The molecule has 1 N–H and O–H groups in total. The number of ether oxygens (including phenoxy) is 1. The molecule has 1 aromatic heterocycles. The molecule has 1 aliphatic rings. The first kappa shape index (κ1) is 25.1. The number of allylic oxidation sites excluding steroid dienone is 2. The minimum atomic E-state index is -4.56. The summed E-state index contributed by atoms with van der Waals surface area (Å²) in [5.41, 5.74) is 1.40. The molecule has 10 heteroatoms. The summed E-state index contributed by atoms with van der Waals surface area (Å²) < 4.78 is 58.7. The predicted molar refractivity (Wildman–Crippen MR) is 122 cm³/mol. The number of pyridine rings is 1. The first-order valence-electron chi connectivity index (χ1n) is 10.4. The highest BCUT2D eigenvalue weighted by Crippen LogP contribution is 2.30. The van der Waals surface area contributed by atoms with E-state index in [1.165, 1.54) is 18.3 Å². The van der Waals surface area contributed by atoms with Crippen LogP contribution in [0.2, 0.25) is 0 Å². The van der Waals surface area contributed by atoms with Crippen LogP contribution in [0.15, 0.2) is 59.2 Å². The minimum Gasteiger partial charge on any atom is -0.378 e. The Bertz CT molecular complexity index is 1140. The van der Waals surface area contributed by atoms with Gasteiger partial charge in [-0.2, -0.15) is 17.6 Å². The lowest BCUT2D eigenvalue weighted by Crippen LogP contribution is -2.35. The minimum absolute atomic E-state index is 0.138. The largest absolute Gasteiger partial charge is 0.416 e. The number of carbonyl (C=O) groups is 1. The molecule has 0 unspecified atom stereocenters. The first-order chi connectivity index (χ1) is 16.1. The van der Waals surface area contributed by atoms with Gasteiger partial charge in [0.05, 0.1) is 36.4 Å². The summed E-state index contributed by atoms with van der Waals surface area (Å²) in [6.07, 6.45) is -1.53. The van der Waals surface area contributed by atoms with Crippen molar-refractivity contribution in [1.29, 1.82) is 0 Å². The van der Waals surface area contributed by atoms with E-state index in [-0.39, 0.29) is 16.9 Å². The van der Waals surface area contributed by atoms with E-state index in [1.807, 2.05) is 0 Å². The van der Waals surface area contributed by atoms with Gasteiger partial charge in [-0.05, 0) is 56.5 Å². The lowest BCUT2D eigenvalue weighted by molar-refractivity contribution is -0.137. The van der Waals surface area contributed by atoms with Crippen molar-refractivity contribution in [1.82, 2.24) is 9.88 Å². The normalized spacial score (nSPS) is 15.6. The fourth-order valence-electron chi connectivity index (χ4n) is 3.49. The molecule has 6 nitrogen and oxygen atoms in total. The molecule has 2 aromatic rings. The van der Waals surface area contributed by atoms with Crippen molar-refractivity contribution in [2.24, 2.45) is 4.99 Å². The fraction of sp³-hybridized carbons (Fsp3) is 0.292. The van der Waals surface area contributed by atoms with Gasteiger partial charge in [0.1, 0.15) is 0 Å². The zero-order valence-corrected chi connectivity index (χ0v) is 18.7. The van der Waals surface area contributed by atoms with Gasteiger partial charge in [-0.25, -0.2) is 4.99 Å². The molecule has 1 fully saturated rings. The summed E-state index contributed by atoms with van der Waals surface area (Å²) in [6, 6.07) is 5.78. The van der Waals surface area contributed by atoms with Crippen LogP contribution in [0.5, 0.6) is 0 Å². The second kappa shape index (κ2) is 10.6. The van der Waals surface area contributed by atoms with Crippen LogP contribution in [0.3, 0.4) is 0 Å². The van der Waals surface area contributed by atoms with E-state index in [9.17, 15) is 22.4 Å². The molecule has 0 saturated carbocycles. The van der Waals surface area contributed by atoms with Gasteiger partial charge in [0.25, 0.3) is 5.91 Å². The highest BCUT2D eigenvalue weighted by atomic mass is 19.4. The number of aromatic nitrogens is 1. The third kappa shape index (κ3) is 6.07. The van der Waals surface area contributed by atoms with Crippen molar-refractivity contribution in [2.75, 3.05) is 31.6 Å². The molecule has 3 rings (SSSR count). The van der Waals surface area contributed by atoms with Gasteiger partial charge in [0.15, 0.2) is 0 Å². The number of alkyl halides is 3. The van der Waals surface area contributed by atoms with Crippen LogP contribution in [-0.4, -0.2) is 48.8 Å². The van der Waals surface area contributed by atoms with Gasteiger partial charge in [0, 0.05) is 29.9 Å². The number of amides is 1. The number of hydrogen-bond acceptors (Lipinski definition) is 5. The quantitative estimate of drug-likeness (QED) is 0.268. The molecule has 0 radical (unpaired) electrons. The van der Waals surface area contributed by atoms with Crippen molar-refractivity contribution in [2.45, 2.75) is 20.0 Å². The topological polar surface area (TPSA) is 66.8 Å². The first-order valence-corrected chi connectivity index (χ1v) is 10.4. The average Bonchev–Trinajstić information content (AvgIpc) is 2.83. The molecule has 1 saturated heterocycles. The zero-order valence-electron chi connectivity index (χ0n) is 18.7. The van der Waals surface area contributed by atoms with Crippen LogP contribution in [0.25, 0.3) is 5.57 Å². The van der Waals surface area contributed by atoms with Crippen LogP contribution < -0.4 is 5.32 Å². The van der Waals surface area contributed by atoms with E-state index in [0.29, 0.717) is 43.1 Å². The molecule has 2 heterocycles. The molecule has 1 amide bonds. The van der Waals surface area contributed by atoms with Crippen molar-refractivity contribution in [3.63, 3.8) is 0 Å². The van der Waals surface area contributed by atoms with Gasteiger partial charge < -0.3 is 15.0 Å². The van der Waals surface area contributed by atoms with Gasteiger partial charge in [-0.15, -0.1) is 0 Å². The summed E-state index contributed by atoms with van der Waals surface area (Å²) in [5, 5.41) is 2.57. The number of nitrogens with zero attached hydrogens (tertiary/aromatic N) is 3. The fourth-order valence-corrected chi connectivity index (χ4v) is 3.49. The Balaban J connectivity index is 1.88. The van der Waals surface area contributed by atoms with Crippen molar-refractivity contribution in [3.05, 3.63) is 76.6 Å². The Labute approximate surface area is 194 Å². The summed E-state index contributed by atoms with van der Waals surface area (Å²) in [6.45, 7) is 8.69. The van der Waals surface area contributed by atoms with Crippen molar-refractivity contribution >= 4 is 23.9 Å². The third-order valence-electron chi connectivity index (χ3n) is 5.28. The molecule has 1 aromatic carbocycles. The summed E-state index contributed by atoms with van der Waals surface area (Å²) in [5.74, 6) is -1.43. The van der Waals surface area contributed by atoms with Crippen LogP contribution >= 0.6 is 0 Å². The number of hydrogen-bond donors (Lipinski definition) is 1. The number of carbonyl (C=O) groups excluding carboxylic acids is 1. The number of rotatable bonds is 6. The molecule has 1 aliphatic heterocycles. The summed E-state index contributed by atoms with van der Waals surface area (Å²) >= 11 is 0. The van der Waals surface area contributed by atoms with Crippen molar-refractivity contribution in [3.8, 4) is 0 Å². The Morgan fingerprint density at radius 1 is 1.26 bits per heavy atom. The molecule has 34 heavy (non-hydrogen) atoms. The van der Waals surface area contributed by atoms with E-state index >= 15 is 0 Å². The van der Waals surface area contributed by atoms with E-state index in [1.54, 1.807) is 30.9 Å². The highest BCUT2D eigenvalue weighted by molar-refractivity contribution is 6.04. The van der Waals surface area contributed by atoms with E-state index in [0.717, 1.165) is 12.1 Å². The van der Waals surface area contributed by atoms with Crippen LogP contribution in [-0.2, 0) is 10.9 Å². The predicted octanol–water partition coefficient (Wildman–Crippen LogP) is 5.24. The monoisotopic (exact) mass is 476 g/mol. The lowest BCUT2D eigenvalue weighted by Gasteiger charge is -2.29. The van der Waals surface area contributed by atoms with E-state index in [4.69, 9.17) is 4.74 Å². The van der Waals surface area contributed by atoms with E-state index < -0.39 is 23.6 Å². The van der Waals surface area contributed by atoms with Crippen LogP contribution in [0.4, 0.5) is 23.2 Å². The second-order valence-electron chi connectivity index (χ2n) is 7.65. The second-order valence-corrected chi connectivity index (χ2v) is 7.65. The maximum absolute atomic E-state index is 14.5. The maximum atomic E-state index is 14.5. The molecule has 180 valence electrons. The van der Waals surface area contributed by atoms with Gasteiger partial charge in [-0.3, -0.25) is 9.78 Å². The maximum Gasteiger partial charge on any atom is 0.416 e. The Morgan fingerprint density at radius 2 is 1.97 bits per heavy atom. The zero-order chi connectivity index (χ0) is 24.9. The molecule has 0 atom stereocenters. The Kier molecular flexibility index (Phi) is 7.83. The van der Waals surface area contributed by atoms with Gasteiger partial charge in [-0.1, -0.05) is 6.07 Å². The number of benzene rings is 1. The van der Waals surface area contributed by atoms with E-state index in [2.05, 4.69) is 22.0 Å². The Hall–Kier alpha value is -3.53. The number of morpholine rings is 1. The summed E-state index contributed by atoms with van der Waals surface area (Å²) in [4.78, 5) is 22.1. The third-order valence-corrected chi connectivity index (χ3v) is 5.28. The molecular weight excluding hydrogens is 452 g/mol. The van der Waals surface area contributed by atoms with Crippen molar-refractivity contribution < 1.29 is 27.1 Å².